The number of fused-ring (bicyclic) bond motifs is 1. The van der Waals surface area contributed by atoms with Crippen LogP contribution in [0.5, 0.6) is 0 Å². The molecule has 0 bridgehead atoms. The van der Waals surface area contributed by atoms with Gasteiger partial charge in [0.1, 0.15) is 4.90 Å². The number of hydrogen-bond donors (Lipinski definition) is 1. The van der Waals surface area contributed by atoms with Gasteiger partial charge < -0.3 is 5.32 Å². The smallest absolute Gasteiger partial charge is 0.244 e. The minimum atomic E-state index is -3.57. The summed E-state index contributed by atoms with van der Waals surface area (Å²) >= 11 is 7.57. The van der Waals surface area contributed by atoms with Gasteiger partial charge in [0.25, 0.3) is 0 Å². The Hall–Kier alpha value is -1.15. The molecule has 0 atom stereocenters. The van der Waals surface area contributed by atoms with Gasteiger partial charge in [0.2, 0.25) is 15.9 Å². The first-order valence-electron chi connectivity index (χ1n) is 8.26. The topological polar surface area (TPSA) is 66.5 Å². The first kappa shape index (κ1) is 17.3. The van der Waals surface area contributed by atoms with E-state index in [1.807, 2.05) is 13.0 Å². The molecule has 1 N–H and O–H groups in total. The molecule has 5 nitrogen and oxygen atoms in total. The summed E-state index contributed by atoms with van der Waals surface area (Å²) in [6.45, 7) is 3.41. The number of rotatable bonds is 2. The van der Waals surface area contributed by atoms with Crippen LogP contribution in [0, 0.1) is 12.3 Å². The third kappa shape index (κ3) is 2.87. The van der Waals surface area contributed by atoms with Gasteiger partial charge in [0.15, 0.2) is 0 Å². The van der Waals surface area contributed by atoms with Crippen molar-refractivity contribution in [1.82, 2.24) is 9.62 Å². The second kappa shape index (κ2) is 5.94. The van der Waals surface area contributed by atoms with Gasteiger partial charge in [0.05, 0.1) is 0 Å². The maximum atomic E-state index is 13.3. The monoisotopic (exact) mass is 398 g/mol. The molecule has 134 valence electrons. The molecule has 0 unspecified atom stereocenters. The average molecular weight is 399 g/mol. The second-order valence-corrected chi connectivity index (χ2v) is 10.6. The van der Waals surface area contributed by atoms with Gasteiger partial charge in [-0.1, -0.05) is 11.6 Å². The normalized spacial score (nSPS) is 21.1. The molecule has 1 amide bonds. The Morgan fingerprint density at radius 2 is 2.00 bits per heavy atom. The predicted octanol–water partition coefficient (Wildman–Crippen LogP) is 3.15. The van der Waals surface area contributed by atoms with E-state index in [2.05, 4.69) is 5.32 Å². The lowest BCUT2D eigenvalue weighted by molar-refractivity contribution is -0.119. The molecule has 0 radical (unpaired) electrons. The number of nitrogens with one attached hydrogen (secondary N) is 1. The molecule has 1 aromatic heterocycles. The number of carbonyl (C=O) groups is 1. The molecule has 4 rings (SSSR count). The lowest BCUT2D eigenvalue weighted by Crippen LogP contribution is -2.44. The molecule has 1 aromatic carbocycles. The summed E-state index contributed by atoms with van der Waals surface area (Å²) in [4.78, 5) is 12.7. The van der Waals surface area contributed by atoms with Crippen molar-refractivity contribution in [2.75, 3.05) is 19.6 Å². The number of benzene rings is 1. The Labute approximate surface area is 156 Å². The van der Waals surface area contributed by atoms with Crippen LogP contribution in [-0.4, -0.2) is 38.3 Å². The molecule has 0 saturated carbocycles. The van der Waals surface area contributed by atoms with Gasteiger partial charge in [-0.25, -0.2) is 8.42 Å². The maximum Gasteiger partial charge on any atom is 0.244 e. The summed E-state index contributed by atoms with van der Waals surface area (Å²) in [5.41, 5.74) is -0.0713. The lowest BCUT2D eigenvalue weighted by atomic mass is 9.78. The van der Waals surface area contributed by atoms with Crippen molar-refractivity contribution in [1.29, 1.82) is 0 Å². The molecule has 2 saturated heterocycles. The van der Waals surface area contributed by atoms with E-state index in [0.717, 1.165) is 9.58 Å². The van der Waals surface area contributed by atoms with Gasteiger partial charge in [-0.2, -0.15) is 4.31 Å². The van der Waals surface area contributed by atoms with Crippen LogP contribution in [0.2, 0.25) is 5.02 Å². The summed E-state index contributed by atoms with van der Waals surface area (Å²) in [7, 11) is -3.57. The molecule has 2 aliphatic heterocycles. The highest BCUT2D eigenvalue weighted by molar-refractivity contribution is 7.89. The van der Waals surface area contributed by atoms with E-state index in [1.165, 1.54) is 11.3 Å². The zero-order chi connectivity index (χ0) is 17.8. The first-order chi connectivity index (χ1) is 11.8. The van der Waals surface area contributed by atoms with Crippen LogP contribution in [0.4, 0.5) is 0 Å². The fourth-order valence-corrected chi connectivity index (χ4v) is 7.27. The highest BCUT2D eigenvalue weighted by Gasteiger charge is 2.43. The number of aryl methyl sites for hydroxylation is 1. The summed E-state index contributed by atoms with van der Waals surface area (Å²) in [5.74, 6) is 0.0747. The van der Waals surface area contributed by atoms with Crippen molar-refractivity contribution in [2.24, 2.45) is 5.41 Å². The van der Waals surface area contributed by atoms with Gasteiger partial charge >= 0.3 is 0 Å². The Morgan fingerprint density at radius 1 is 1.28 bits per heavy atom. The van der Waals surface area contributed by atoms with Crippen LogP contribution in [0.25, 0.3) is 10.1 Å². The fraction of sp³-hybridized carbons (Fsp3) is 0.471. The van der Waals surface area contributed by atoms with Crippen molar-refractivity contribution in [3.05, 3.63) is 28.1 Å². The van der Waals surface area contributed by atoms with Crippen LogP contribution in [0.15, 0.2) is 23.1 Å². The van der Waals surface area contributed by atoms with E-state index >= 15 is 0 Å². The molecule has 8 heteroatoms. The Balaban J connectivity index is 1.66. The zero-order valence-electron chi connectivity index (χ0n) is 13.8. The number of sulfonamides is 1. The van der Waals surface area contributed by atoms with E-state index in [-0.39, 0.29) is 11.3 Å². The molecular weight excluding hydrogens is 380 g/mol. The minimum absolute atomic E-state index is 0.0713. The number of carbonyl (C=O) groups excluding carboxylic acids is 1. The molecular formula is C17H19ClN2O3S2. The highest BCUT2D eigenvalue weighted by Crippen LogP contribution is 2.41. The van der Waals surface area contributed by atoms with Crippen LogP contribution >= 0.6 is 22.9 Å². The number of piperidine rings is 1. The summed E-state index contributed by atoms with van der Waals surface area (Å²) in [6, 6.07) is 5.39. The third-order valence-electron chi connectivity index (χ3n) is 5.35. The van der Waals surface area contributed by atoms with Gasteiger partial charge in [-0.3, -0.25) is 4.79 Å². The third-order valence-corrected chi connectivity index (χ3v) is 8.88. The highest BCUT2D eigenvalue weighted by atomic mass is 35.5. The Morgan fingerprint density at radius 3 is 2.64 bits per heavy atom. The van der Waals surface area contributed by atoms with Crippen molar-refractivity contribution < 1.29 is 13.2 Å². The summed E-state index contributed by atoms with van der Waals surface area (Å²) in [6.07, 6.45) is 1.94. The van der Waals surface area contributed by atoms with Crippen molar-refractivity contribution in [3.63, 3.8) is 0 Å². The molecule has 3 heterocycles. The van der Waals surface area contributed by atoms with E-state index in [4.69, 9.17) is 11.6 Å². The number of nitrogens with zero attached hydrogens (tertiary/aromatic N) is 1. The van der Waals surface area contributed by atoms with Gasteiger partial charge in [-0.15, -0.1) is 11.3 Å². The largest absolute Gasteiger partial charge is 0.356 e. The molecule has 0 aliphatic carbocycles. The Kier molecular flexibility index (Phi) is 4.11. The van der Waals surface area contributed by atoms with E-state index in [1.54, 1.807) is 16.4 Å². The number of hydrogen-bond acceptors (Lipinski definition) is 4. The summed E-state index contributed by atoms with van der Waals surface area (Å²) in [5, 5.41) is 4.12. The van der Waals surface area contributed by atoms with Crippen LogP contribution < -0.4 is 5.32 Å². The van der Waals surface area contributed by atoms with Crippen molar-refractivity contribution >= 4 is 49.0 Å². The maximum absolute atomic E-state index is 13.3. The number of thiophene rings is 1. The van der Waals surface area contributed by atoms with Crippen LogP contribution in [0.3, 0.4) is 0 Å². The molecule has 2 fully saturated rings. The van der Waals surface area contributed by atoms with Gasteiger partial charge in [-0.05, 0) is 43.4 Å². The lowest BCUT2D eigenvalue weighted by Gasteiger charge is -2.37. The second-order valence-electron chi connectivity index (χ2n) is 6.99. The first-order valence-corrected chi connectivity index (χ1v) is 10.9. The number of amides is 1. The standard InChI is InChI=1S/C17H19ClN2O3S2/c1-11-16(13-8-12(18)2-3-14(13)24-11)25(22,23)20-6-4-17(5-7-20)9-15(21)19-10-17/h2-3,8H,4-7,9-10H2,1H3,(H,19,21). The molecule has 2 aliphatic rings. The van der Waals surface area contributed by atoms with E-state index in [9.17, 15) is 13.2 Å². The average Bonchev–Trinajstić information content (AvgIpc) is 3.07. The van der Waals surface area contributed by atoms with Gasteiger partial charge in [0, 0.05) is 46.0 Å². The Bertz CT molecular complexity index is 960. The van der Waals surface area contributed by atoms with Crippen LogP contribution in [0.1, 0.15) is 24.1 Å². The number of halogens is 1. The van der Waals surface area contributed by atoms with Crippen molar-refractivity contribution in [3.8, 4) is 0 Å². The van der Waals surface area contributed by atoms with E-state index < -0.39 is 10.0 Å². The quantitative estimate of drug-likeness (QED) is 0.844. The van der Waals surface area contributed by atoms with Crippen molar-refractivity contribution in [2.45, 2.75) is 31.1 Å². The fourth-order valence-electron chi connectivity index (χ4n) is 3.93. The molecule has 25 heavy (non-hydrogen) atoms. The van der Waals surface area contributed by atoms with Crippen LogP contribution in [-0.2, 0) is 14.8 Å². The van der Waals surface area contributed by atoms with E-state index in [0.29, 0.717) is 54.2 Å². The minimum Gasteiger partial charge on any atom is -0.356 e. The SMILES string of the molecule is Cc1sc2ccc(Cl)cc2c1S(=O)(=O)N1CCC2(CC1)CNC(=O)C2. The predicted molar refractivity (Wildman–Crippen MR) is 99.6 cm³/mol. The molecule has 2 aromatic rings. The summed E-state index contributed by atoms with van der Waals surface area (Å²) < 4.78 is 29.0. The molecule has 1 spiro atoms. The zero-order valence-corrected chi connectivity index (χ0v) is 16.2.